The maximum atomic E-state index is 12.1. The van der Waals surface area contributed by atoms with E-state index in [0.29, 0.717) is 12.2 Å². The normalized spacial score (nSPS) is 12.3. The summed E-state index contributed by atoms with van der Waals surface area (Å²) in [5.41, 5.74) is 6.37. The number of carbonyl (C=O) groups is 1. The van der Waals surface area contributed by atoms with Crippen molar-refractivity contribution in [2.24, 2.45) is 5.92 Å². The molecule has 2 rings (SSSR count). The van der Waals surface area contributed by atoms with E-state index in [-0.39, 0.29) is 23.3 Å². The molecule has 1 unspecified atom stereocenters. The molecule has 0 fully saturated rings. The summed E-state index contributed by atoms with van der Waals surface area (Å²) in [5, 5.41) is 22.5. The van der Waals surface area contributed by atoms with Gasteiger partial charge in [0.2, 0.25) is 0 Å². The molecule has 1 aromatic carbocycles. The van der Waals surface area contributed by atoms with Gasteiger partial charge >= 0.3 is 0 Å². The molecule has 6 heteroatoms. The molecule has 0 saturated carbocycles. The van der Waals surface area contributed by atoms with Crippen molar-refractivity contribution in [3.05, 3.63) is 36.0 Å². The lowest BCUT2D eigenvalue weighted by Gasteiger charge is -2.11. The average Bonchev–Trinajstić information content (AvgIpc) is 2.79. The Morgan fingerprint density at radius 1 is 1.37 bits per heavy atom. The first-order valence-corrected chi connectivity index (χ1v) is 5.83. The summed E-state index contributed by atoms with van der Waals surface area (Å²) >= 11 is 0. The highest BCUT2D eigenvalue weighted by Gasteiger charge is 2.18. The monoisotopic (exact) mass is 261 g/mol. The van der Waals surface area contributed by atoms with Gasteiger partial charge < -0.3 is 15.9 Å². The third-order valence-corrected chi connectivity index (χ3v) is 2.88. The lowest BCUT2D eigenvalue weighted by Crippen LogP contribution is -2.23. The van der Waals surface area contributed by atoms with E-state index < -0.39 is 0 Å². The predicted molar refractivity (Wildman–Crippen MR) is 69.9 cm³/mol. The van der Waals surface area contributed by atoms with Crippen LogP contribution in [0, 0.1) is 5.92 Å². The van der Waals surface area contributed by atoms with Gasteiger partial charge in [0.1, 0.15) is 5.82 Å². The topological polar surface area (TPSA) is 101 Å². The zero-order valence-electron chi connectivity index (χ0n) is 10.4. The van der Waals surface area contributed by atoms with Crippen LogP contribution in [0.5, 0.6) is 11.5 Å². The number of benzene rings is 1. The number of anilines is 1. The van der Waals surface area contributed by atoms with E-state index in [9.17, 15) is 15.0 Å². The van der Waals surface area contributed by atoms with Crippen LogP contribution in [-0.4, -0.2) is 25.9 Å². The predicted octanol–water partition coefficient (Wildman–Crippen LogP) is 1.40. The number of aromatic nitrogens is 2. The number of hydrogen-bond acceptors (Lipinski definition) is 5. The number of carbonyl (C=O) groups excluding carboxylic acids is 1. The zero-order chi connectivity index (χ0) is 14.0. The molecule has 100 valence electrons. The Morgan fingerprint density at radius 3 is 2.68 bits per heavy atom. The minimum atomic E-state index is -0.342. The summed E-state index contributed by atoms with van der Waals surface area (Å²) < 4.78 is 1.16. The van der Waals surface area contributed by atoms with Crippen molar-refractivity contribution in [2.75, 3.05) is 5.73 Å². The molecular formula is C13H15N3O3. The lowest BCUT2D eigenvalue weighted by molar-refractivity contribution is 0.0830. The van der Waals surface area contributed by atoms with Gasteiger partial charge in [0.05, 0.1) is 6.20 Å². The number of aromatic hydroxyl groups is 2. The van der Waals surface area contributed by atoms with Crippen molar-refractivity contribution in [3.63, 3.8) is 0 Å². The summed E-state index contributed by atoms with van der Waals surface area (Å²) in [6.45, 7) is 1.76. The van der Waals surface area contributed by atoms with Crippen LogP contribution in [0.2, 0.25) is 0 Å². The summed E-state index contributed by atoms with van der Waals surface area (Å²) in [5.74, 6) is -0.638. The number of nitrogens with two attached hydrogens (primary N) is 1. The molecule has 0 aliphatic heterocycles. The molecule has 0 amide bonds. The molecule has 0 aliphatic rings. The second-order valence-corrected chi connectivity index (χ2v) is 4.43. The summed E-state index contributed by atoms with van der Waals surface area (Å²) in [6.07, 6.45) is 1.89. The second-order valence-electron chi connectivity index (χ2n) is 4.43. The van der Waals surface area contributed by atoms with E-state index in [0.717, 1.165) is 10.2 Å². The Balaban J connectivity index is 2.13. The van der Waals surface area contributed by atoms with Gasteiger partial charge in [-0.05, 0) is 24.1 Å². The molecule has 19 heavy (non-hydrogen) atoms. The van der Waals surface area contributed by atoms with Crippen LogP contribution in [0.15, 0.2) is 30.5 Å². The molecule has 6 nitrogen and oxygen atoms in total. The van der Waals surface area contributed by atoms with Crippen molar-refractivity contribution in [1.29, 1.82) is 0 Å². The zero-order valence-corrected chi connectivity index (χ0v) is 10.4. The van der Waals surface area contributed by atoms with Crippen molar-refractivity contribution in [2.45, 2.75) is 13.3 Å². The van der Waals surface area contributed by atoms with Crippen molar-refractivity contribution in [1.82, 2.24) is 9.78 Å². The third kappa shape index (κ3) is 2.67. The molecule has 1 heterocycles. The quantitative estimate of drug-likeness (QED) is 0.725. The van der Waals surface area contributed by atoms with E-state index in [1.165, 1.54) is 18.3 Å². The Bertz CT molecular complexity index is 607. The maximum Gasteiger partial charge on any atom is 0.251 e. The standard InChI is InChI=1S/C13H15N3O3/c1-8(13(19)16-12(14)4-5-15-16)6-9-2-3-10(17)11(18)7-9/h2-5,7-8,17-18H,6,14H2,1H3. The number of nitrogen functional groups attached to an aromatic ring is 1. The second kappa shape index (κ2) is 5.01. The fraction of sp³-hybridized carbons (Fsp3) is 0.231. The molecule has 0 bridgehead atoms. The summed E-state index contributed by atoms with van der Waals surface area (Å²) in [4.78, 5) is 12.1. The number of rotatable bonds is 3. The van der Waals surface area contributed by atoms with E-state index in [1.54, 1.807) is 19.1 Å². The SMILES string of the molecule is CC(Cc1ccc(O)c(O)c1)C(=O)n1nccc1N. The van der Waals surface area contributed by atoms with Crippen LogP contribution < -0.4 is 5.73 Å². The molecule has 0 spiro atoms. The van der Waals surface area contributed by atoms with Gasteiger partial charge in [-0.15, -0.1) is 0 Å². The van der Waals surface area contributed by atoms with Gasteiger partial charge in [-0.3, -0.25) is 4.79 Å². The Kier molecular flexibility index (Phi) is 3.41. The van der Waals surface area contributed by atoms with Crippen LogP contribution >= 0.6 is 0 Å². The van der Waals surface area contributed by atoms with Crippen LogP contribution in [0.4, 0.5) is 5.82 Å². The van der Waals surface area contributed by atoms with Gasteiger partial charge in [-0.1, -0.05) is 13.0 Å². The van der Waals surface area contributed by atoms with Gasteiger partial charge in [0, 0.05) is 12.0 Å². The van der Waals surface area contributed by atoms with E-state index >= 15 is 0 Å². The van der Waals surface area contributed by atoms with Crippen molar-refractivity contribution in [3.8, 4) is 11.5 Å². The number of phenolic OH excluding ortho intramolecular Hbond substituents is 2. The molecule has 0 aliphatic carbocycles. The first-order valence-electron chi connectivity index (χ1n) is 5.83. The van der Waals surface area contributed by atoms with Crippen LogP contribution in [-0.2, 0) is 6.42 Å². The van der Waals surface area contributed by atoms with Gasteiger partial charge in [-0.25, -0.2) is 0 Å². The van der Waals surface area contributed by atoms with E-state index in [2.05, 4.69) is 5.10 Å². The molecule has 1 aromatic heterocycles. The largest absolute Gasteiger partial charge is 0.504 e. The lowest BCUT2D eigenvalue weighted by atomic mass is 10.00. The Hall–Kier alpha value is -2.50. The van der Waals surface area contributed by atoms with Gasteiger partial charge in [0.25, 0.3) is 5.91 Å². The van der Waals surface area contributed by atoms with E-state index in [4.69, 9.17) is 5.73 Å². The fourth-order valence-electron chi connectivity index (χ4n) is 1.84. The fourth-order valence-corrected chi connectivity index (χ4v) is 1.84. The first kappa shape index (κ1) is 12.9. The number of nitrogens with zero attached hydrogens (tertiary/aromatic N) is 2. The summed E-state index contributed by atoms with van der Waals surface area (Å²) in [7, 11) is 0. The molecule has 1 atom stereocenters. The number of hydrogen-bond donors (Lipinski definition) is 3. The summed E-state index contributed by atoms with van der Waals surface area (Å²) in [6, 6.07) is 6.04. The molecule has 2 aromatic rings. The van der Waals surface area contributed by atoms with Crippen LogP contribution in [0.1, 0.15) is 17.3 Å². The minimum absolute atomic E-state index is 0.181. The molecule has 0 radical (unpaired) electrons. The first-order chi connectivity index (χ1) is 8.99. The van der Waals surface area contributed by atoms with Gasteiger partial charge in [0.15, 0.2) is 11.5 Å². The van der Waals surface area contributed by atoms with E-state index in [1.807, 2.05) is 0 Å². The highest BCUT2D eigenvalue weighted by molar-refractivity contribution is 5.83. The highest BCUT2D eigenvalue weighted by atomic mass is 16.3. The minimum Gasteiger partial charge on any atom is -0.504 e. The highest BCUT2D eigenvalue weighted by Crippen LogP contribution is 2.26. The maximum absolute atomic E-state index is 12.1. The van der Waals surface area contributed by atoms with Gasteiger partial charge in [-0.2, -0.15) is 9.78 Å². The molecule has 0 saturated heterocycles. The van der Waals surface area contributed by atoms with Crippen molar-refractivity contribution < 1.29 is 15.0 Å². The Morgan fingerprint density at radius 2 is 2.11 bits per heavy atom. The van der Waals surface area contributed by atoms with Crippen LogP contribution in [0.25, 0.3) is 0 Å². The number of phenols is 2. The third-order valence-electron chi connectivity index (χ3n) is 2.88. The smallest absolute Gasteiger partial charge is 0.251 e. The molecular weight excluding hydrogens is 246 g/mol. The Labute approximate surface area is 110 Å². The van der Waals surface area contributed by atoms with Crippen LogP contribution in [0.3, 0.4) is 0 Å². The van der Waals surface area contributed by atoms with Crippen molar-refractivity contribution >= 4 is 11.7 Å². The average molecular weight is 261 g/mol. The molecule has 4 N–H and O–H groups in total.